The Balaban J connectivity index is 2.86. The van der Waals surface area contributed by atoms with E-state index in [0.29, 0.717) is 9.27 Å². The van der Waals surface area contributed by atoms with E-state index in [4.69, 9.17) is 0 Å². The minimum Gasteiger partial charge on any atom is -0.214 e. The average molecular weight is 235 g/mol. The highest BCUT2D eigenvalue weighted by molar-refractivity contribution is 7.85. The number of thiol groups is 2. The van der Waals surface area contributed by atoms with Gasteiger partial charge in [0.1, 0.15) is 0 Å². The Kier molecular flexibility index (Phi) is 4.05. The van der Waals surface area contributed by atoms with Crippen LogP contribution in [0, 0.1) is 0 Å². The van der Waals surface area contributed by atoms with Gasteiger partial charge in [-0.25, -0.2) is 16.8 Å². The van der Waals surface area contributed by atoms with Crippen LogP contribution in [0.3, 0.4) is 0 Å². The van der Waals surface area contributed by atoms with Gasteiger partial charge in [-0.15, -0.1) is 0 Å². The number of hydrogen-bond acceptors (Lipinski definition) is 4. The molecule has 0 unspecified atom stereocenters. The standard InChI is InChI=1S/C7H9NO4S2/c9-13(10)8(14(11)12)6-7-4-2-1-3-5-7/h1-5,13-14H,6H2. The number of hydrogen-bond donors (Lipinski definition) is 2. The van der Waals surface area contributed by atoms with Crippen molar-refractivity contribution in [1.82, 2.24) is 3.71 Å². The lowest BCUT2D eigenvalue weighted by Crippen LogP contribution is -2.19. The molecule has 1 rings (SSSR count). The highest BCUT2D eigenvalue weighted by atomic mass is 32.2. The predicted molar refractivity (Wildman–Crippen MR) is 52.6 cm³/mol. The summed E-state index contributed by atoms with van der Waals surface area (Å²) in [5, 5.41) is 0. The van der Waals surface area contributed by atoms with E-state index in [1.54, 1.807) is 30.3 Å². The van der Waals surface area contributed by atoms with Gasteiger partial charge in [-0.2, -0.15) is 0 Å². The molecule has 0 spiro atoms. The molecule has 0 radical (unpaired) electrons. The van der Waals surface area contributed by atoms with Crippen LogP contribution in [0.15, 0.2) is 30.3 Å². The van der Waals surface area contributed by atoms with Crippen molar-refractivity contribution in [2.45, 2.75) is 6.54 Å². The van der Waals surface area contributed by atoms with Gasteiger partial charge in [-0.1, -0.05) is 34.0 Å². The van der Waals surface area contributed by atoms with E-state index in [1.807, 2.05) is 0 Å². The van der Waals surface area contributed by atoms with Crippen molar-refractivity contribution in [1.29, 1.82) is 0 Å². The summed E-state index contributed by atoms with van der Waals surface area (Å²) >= 11 is 0. The summed E-state index contributed by atoms with van der Waals surface area (Å²) < 4.78 is 42.5. The fourth-order valence-electron chi connectivity index (χ4n) is 0.922. The molecule has 0 fully saturated rings. The lowest BCUT2D eigenvalue weighted by atomic mass is 10.2. The summed E-state index contributed by atoms with van der Waals surface area (Å²) in [5.74, 6) is 0. The van der Waals surface area contributed by atoms with Crippen LogP contribution in [-0.2, 0) is 28.3 Å². The summed E-state index contributed by atoms with van der Waals surface area (Å²) in [6, 6.07) is 8.50. The van der Waals surface area contributed by atoms with Crippen molar-refractivity contribution in [2.75, 3.05) is 0 Å². The normalized spacial score (nSPS) is 11.4. The molecule has 5 nitrogen and oxygen atoms in total. The maximum atomic E-state index is 10.5. The molecular formula is C7H9NO4S2. The highest BCUT2D eigenvalue weighted by Crippen LogP contribution is 2.03. The molecule has 0 aliphatic carbocycles. The summed E-state index contributed by atoms with van der Waals surface area (Å²) in [5.41, 5.74) is 0.630. The van der Waals surface area contributed by atoms with Gasteiger partial charge in [0, 0.05) is 0 Å². The third-order valence-corrected chi connectivity index (χ3v) is 3.46. The van der Waals surface area contributed by atoms with Crippen LogP contribution in [0.25, 0.3) is 0 Å². The topological polar surface area (TPSA) is 71.5 Å². The Morgan fingerprint density at radius 2 is 1.43 bits per heavy atom. The first-order valence-corrected chi connectivity index (χ1v) is 5.97. The molecule has 1 aromatic carbocycles. The van der Waals surface area contributed by atoms with Gasteiger partial charge in [0.2, 0.25) is 21.8 Å². The molecule has 14 heavy (non-hydrogen) atoms. The van der Waals surface area contributed by atoms with Crippen LogP contribution in [0.1, 0.15) is 5.56 Å². The minimum atomic E-state index is -3.09. The first-order chi connectivity index (χ1) is 6.61. The van der Waals surface area contributed by atoms with Crippen molar-refractivity contribution in [3.63, 3.8) is 0 Å². The second-order valence-electron chi connectivity index (χ2n) is 2.49. The quantitative estimate of drug-likeness (QED) is 0.693. The van der Waals surface area contributed by atoms with Crippen LogP contribution in [0.2, 0.25) is 0 Å². The molecule has 0 saturated carbocycles. The molecule has 0 bridgehead atoms. The van der Waals surface area contributed by atoms with Crippen LogP contribution in [0.5, 0.6) is 0 Å². The van der Waals surface area contributed by atoms with Gasteiger partial charge in [0.15, 0.2) is 0 Å². The fraction of sp³-hybridized carbons (Fsp3) is 0.143. The van der Waals surface area contributed by atoms with Crippen molar-refractivity contribution in [3.8, 4) is 0 Å². The number of nitrogens with zero attached hydrogens (tertiary/aromatic N) is 1. The second-order valence-corrected chi connectivity index (χ2v) is 4.72. The zero-order valence-electron chi connectivity index (χ0n) is 7.07. The Hall–Kier alpha value is -0.920. The molecule has 7 heteroatoms. The van der Waals surface area contributed by atoms with Gasteiger partial charge < -0.3 is 0 Å². The van der Waals surface area contributed by atoms with Crippen LogP contribution in [0.4, 0.5) is 0 Å². The van der Waals surface area contributed by atoms with Gasteiger partial charge >= 0.3 is 0 Å². The number of rotatable bonds is 4. The summed E-state index contributed by atoms with van der Waals surface area (Å²) in [7, 11) is -6.18. The van der Waals surface area contributed by atoms with Crippen molar-refractivity contribution < 1.29 is 16.8 Å². The molecule has 0 heterocycles. The maximum absolute atomic E-state index is 10.5. The SMILES string of the molecule is O=[SH](=O)N(Cc1ccccc1)[SH](=O)=O. The van der Waals surface area contributed by atoms with E-state index in [0.717, 1.165) is 0 Å². The van der Waals surface area contributed by atoms with Crippen LogP contribution < -0.4 is 0 Å². The molecule has 0 N–H and O–H groups in total. The van der Waals surface area contributed by atoms with E-state index in [1.165, 1.54) is 0 Å². The predicted octanol–water partition coefficient (Wildman–Crippen LogP) is -0.459. The van der Waals surface area contributed by atoms with Gasteiger partial charge in [-0.3, -0.25) is 0 Å². The van der Waals surface area contributed by atoms with Gasteiger partial charge in [0.05, 0.1) is 6.54 Å². The van der Waals surface area contributed by atoms with Gasteiger partial charge in [-0.05, 0) is 5.56 Å². The molecule has 0 atom stereocenters. The molecular weight excluding hydrogens is 226 g/mol. The summed E-state index contributed by atoms with van der Waals surface area (Å²) in [6.45, 7) is -0.141. The fourth-order valence-corrected chi connectivity index (χ4v) is 1.96. The van der Waals surface area contributed by atoms with E-state index in [-0.39, 0.29) is 6.54 Å². The molecule has 1 aromatic rings. The summed E-state index contributed by atoms with van der Waals surface area (Å²) in [4.78, 5) is 0. The molecule has 0 aromatic heterocycles. The van der Waals surface area contributed by atoms with Crippen molar-refractivity contribution >= 4 is 21.8 Å². The smallest absolute Gasteiger partial charge is 0.214 e. The second kappa shape index (κ2) is 5.08. The zero-order valence-corrected chi connectivity index (χ0v) is 8.86. The Morgan fingerprint density at radius 3 is 1.86 bits per heavy atom. The van der Waals surface area contributed by atoms with E-state index in [2.05, 4.69) is 0 Å². The largest absolute Gasteiger partial charge is 0.217 e. The molecule has 0 aliphatic rings. The average Bonchev–Trinajstić information content (AvgIpc) is 2.15. The lowest BCUT2D eigenvalue weighted by Gasteiger charge is -2.06. The Bertz CT molecular complexity index is 400. The maximum Gasteiger partial charge on any atom is 0.217 e. The third-order valence-electron chi connectivity index (χ3n) is 1.54. The zero-order chi connectivity index (χ0) is 10.6. The Morgan fingerprint density at radius 1 is 0.929 bits per heavy atom. The Labute approximate surface area is 85.1 Å². The summed E-state index contributed by atoms with van der Waals surface area (Å²) in [6.07, 6.45) is 0. The first kappa shape index (κ1) is 11.2. The van der Waals surface area contributed by atoms with E-state index >= 15 is 0 Å². The minimum absolute atomic E-state index is 0.141. The lowest BCUT2D eigenvalue weighted by molar-refractivity contribution is 0.523. The van der Waals surface area contributed by atoms with E-state index in [9.17, 15) is 16.8 Å². The molecule has 0 saturated heterocycles. The molecule has 0 aliphatic heterocycles. The molecule has 0 amide bonds. The monoisotopic (exact) mass is 235 g/mol. The van der Waals surface area contributed by atoms with Crippen molar-refractivity contribution in [3.05, 3.63) is 35.9 Å². The van der Waals surface area contributed by atoms with Gasteiger partial charge in [0.25, 0.3) is 0 Å². The first-order valence-electron chi connectivity index (χ1n) is 3.71. The van der Waals surface area contributed by atoms with Crippen molar-refractivity contribution in [2.24, 2.45) is 0 Å². The highest BCUT2D eigenvalue weighted by Gasteiger charge is 2.09. The van der Waals surface area contributed by atoms with Crippen LogP contribution >= 0.6 is 0 Å². The van der Waals surface area contributed by atoms with Crippen LogP contribution in [-0.4, -0.2) is 20.5 Å². The molecule has 78 valence electrons. The van der Waals surface area contributed by atoms with E-state index < -0.39 is 21.8 Å². The third kappa shape index (κ3) is 3.09. The number of benzene rings is 1.